The number of benzene rings is 1. The van der Waals surface area contributed by atoms with E-state index in [1.807, 2.05) is 6.08 Å². The minimum Gasteiger partial charge on any atom is -0.377 e. The molecular weight excluding hydrogens is 172 g/mol. The summed E-state index contributed by atoms with van der Waals surface area (Å²) in [6, 6.07) is 10.6. The molecule has 1 heteroatoms. The van der Waals surface area contributed by atoms with Gasteiger partial charge in [0.1, 0.15) is 0 Å². The first kappa shape index (κ1) is 9.47. The van der Waals surface area contributed by atoms with Gasteiger partial charge in [-0.3, -0.25) is 0 Å². The molecule has 1 aliphatic rings. The molecule has 74 valence electrons. The minimum atomic E-state index is 0.387. The van der Waals surface area contributed by atoms with Crippen LogP contribution >= 0.6 is 0 Å². The highest BCUT2D eigenvalue weighted by molar-refractivity contribution is 5.20. The Balaban J connectivity index is 1.99. The molecule has 0 saturated carbocycles. The lowest BCUT2D eigenvalue weighted by Crippen LogP contribution is -2.02. The fourth-order valence-electron chi connectivity index (χ4n) is 2.01. The van der Waals surface area contributed by atoms with Gasteiger partial charge in [0.15, 0.2) is 0 Å². The summed E-state index contributed by atoms with van der Waals surface area (Å²) in [5.41, 5.74) is 1.40. The molecule has 14 heavy (non-hydrogen) atoms. The Morgan fingerprint density at radius 2 is 2.14 bits per heavy atom. The monoisotopic (exact) mass is 188 g/mol. The summed E-state index contributed by atoms with van der Waals surface area (Å²) >= 11 is 0. The zero-order chi connectivity index (χ0) is 9.80. The van der Waals surface area contributed by atoms with Crippen LogP contribution in [0.15, 0.2) is 43.0 Å². The van der Waals surface area contributed by atoms with Crippen LogP contribution in [-0.4, -0.2) is 12.7 Å². The van der Waals surface area contributed by atoms with Gasteiger partial charge in [-0.2, -0.15) is 0 Å². The molecule has 0 bridgehead atoms. The van der Waals surface area contributed by atoms with E-state index in [1.165, 1.54) is 5.56 Å². The quantitative estimate of drug-likeness (QED) is 0.662. The molecule has 1 fully saturated rings. The third-order valence-corrected chi connectivity index (χ3v) is 2.78. The van der Waals surface area contributed by atoms with Gasteiger partial charge < -0.3 is 4.74 Å². The lowest BCUT2D eigenvalue weighted by atomic mass is 9.96. The Hall–Kier alpha value is -1.08. The van der Waals surface area contributed by atoms with Gasteiger partial charge in [0, 0.05) is 5.92 Å². The second-order valence-corrected chi connectivity index (χ2v) is 3.82. The molecule has 1 nitrogen and oxygen atoms in total. The summed E-state index contributed by atoms with van der Waals surface area (Å²) in [6.07, 6.45) is 4.44. The van der Waals surface area contributed by atoms with Crippen molar-refractivity contribution in [2.75, 3.05) is 6.61 Å². The van der Waals surface area contributed by atoms with Gasteiger partial charge in [-0.15, -0.1) is 6.58 Å². The third kappa shape index (κ3) is 2.05. The fraction of sp³-hybridized carbons (Fsp3) is 0.385. The first-order valence-electron chi connectivity index (χ1n) is 5.17. The summed E-state index contributed by atoms with van der Waals surface area (Å²) in [5.74, 6) is 0.584. The van der Waals surface area contributed by atoms with Crippen LogP contribution in [0.1, 0.15) is 24.3 Å². The van der Waals surface area contributed by atoms with E-state index in [0.29, 0.717) is 12.0 Å². The van der Waals surface area contributed by atoms with Gasteiger partial charge in [-0.05, 0) is 18.4 Å². The molecule has 0 aliphatic carbocycles. The van der Waals surface area contributed by atoms with Crippen molar-refractivity contribution in [3.05, 3.63) is 48.6 Å². The summed E-state index contributed by atoms with van der Waals surface area (Å²) in [6.45, 7) is 4.61. The van der Waals surface area contributed by atoms with E-state index in [-0.39, 0.29) is 0 Å². The Morgan fingerprint density at radius 3 is 2.86 bits per heavy atom. The van der Waals surface area contributed by atoms with E-state index in [1.54, 1.807) is 0 Å². The van der Waals surface area contributed by atoms with Crippen LogP contribution in [0.25, 0.3) is 0 Å². The topological polar surface area (TPSA) is 9.23 Å². The van der Waals surface area contributed by atoms with Crippen LogP contribution in [0, 0.1) is 0 Å². The zero-order valence-electron chi connectivity index (χ0n) is 8.36. The third-order valence-electron chi connectivity index (χ3n) is 2.78. The van der Waals surface area contributed by atoms with Gasteiger partial charge in [-0.1, -0.05) is 36.4 Å². The maximum absolute atomic E-state index is 5.69. The zero-order valence-corrected chi connectivity index (χ0v) is 8.36. The average Bonchev–Trinajstić information content (AvgIpc) is 2.68. The highest BCUT2D eigenvalue weighted by Gasteiger charge is 2.25. The van der Waals surface area contributed by atoms with E-state index in [2.05, 4.69) is 36.9 Å². The van der Waals surface area contributed by atoms with Crippen molar-refractivity contribution in [2.24, 2.45) is 0 Å². The maximum atomic E-state index is 5.69. The van der Waals surface area contributed by atoms with Crippen LogP contribution in [0.3, 0.4) is 0 Å². The molecule has 2 rings (SSSR count). The second kappa shape index (κ2) is 4.43. The Kier molecular flexibility index (Phi) is 3.00. The maximum Gasteiger partial charge on any atom is 0.0616 e. The summed E-state index contributed by atoms with van der Waals surface area (Å²) < 4.78 is 5.69. The Bertz CT molecular complexity index is 291. The van der Waals surface area contributed by atoms with E-state index < -0.39 is 0 Å². The average molecular weight is 188 g/mol. The van der Waals surface area contributed by atoms with Gasteiger partial charge >= 0.3 is 0 Å². The number of ether oxygens (including phenoxy) is 1. The van der Waals surface area contributed by atoms with Crippen molar-refractivity contribution >= 4 is 0 Å². The molecule has 2 unspecified atom stereocenters. The number of hydrogen-bond donors (Lipinski definition) is 0. The normalized spacial score (nSPS) is 26.3. The van der Waals surface area contributed by atoms with Crippen LogP contribution in [0.5, 0.6) is 0 Å². The molecule has 2 atom stereocenters. The molecule has 0 N–H and O–H groups in total. The molecule has 0 radical (unpaired) electrons. The van der Waals surface area contributed by atoms with Gasteiger partial charge in [0.25, 0.3) is 0 Å². The fourth-order valence-corrected chi connectivity index (χ4v) is 2.01. The van der Waals surface area contributed by atoms with Crippen molar-refractivity contribution < 1.29 is 4.74 Å². The van der Waals surface area contributed by atoms with Crippen LogP contribution < -0.4 is 0 Å². The molecule has 0 amide bonds. The largest absolute Gasteiger partial charge is 0.377 e. The van der Waals surface area contributed by atoms with Gasteiger partial charge in [0.2, 0.25) is 0 Å². The predicted molar refractivity (Wildman–Crippen MR) is 58.4 cm³/mol. The number of hydrogen-bond acceptors (Lipinski definition) is 1. The summed E-state index contributed by atoms with van der Waals surface area (Å²) in [4.78, 5) is 0. The first-order valence-corrected chi connectivity index (χ1v) is 5.17. The van der Waals surface area contributed by atoms with Crippen LogP contribution in [0.2, 0.25) is 0 Å². The van der Waals surface area contributed by atoms with E-state index in [4.69, 9.17) is 4.74 Å². The Labute approximate surface area is 85.4 Å². The van der Waals surface area contributed by atoms with E-state index in [0.717, 1.165) is 19.4 Å². The van der Waals surface area contributed by atoms with Crippen molar-refractivity contribution in [3.63, 3.8) is 0 Å². The van der Waals surface area contributed by atoms with E-state index >= 15 is 0 Å². The molecule has 1 saturated heterocycles. The molecule has 1 aliphatic heterocycles. The SMILES string of the molecule is C=CCC1CC(c2ccccc2)CO1. The molecule has 1 aromatic rings. The van der Waals surface area contributed by atoms with E-state index in [9.17, 15) is 0 Å². The van der Waals surface area contributed by atoms with Crippen molar-refractivity contribution in [1.82, 2.24) is 0 Å². The lowest BCUT2D eigenvalue weighted by Gasteiger charge is -2.07. The van der Waals surface area contributed by atoms with Crippen molar-refractivity contribution in [3.8, 4) is 0 Å². The molecule has 1 aromatic carbocycles. The molecule has 0 spiro atoms. The highest BCUT2D eigenvalue weighted by atomic mass is 16.5. The lowest BCUT2D eigenvalue weighted by molar-refractivity contribution is 0.112. The minimum absolute atomic E-state index is 0.387. The number of rotatable bonds is 3. The smallest absolute Gasteiger partial charge is 0.0616 e. The van der Waals surface area contributed by atoms with Crippen LogP contribution in [0.4, 0.5) is 0 Å². The molecular formula is C13H16O. The highest BCUT2D eigenvalue weighted by Crippen LogP contribution is 2.30. The van der Waals surface area contributed by atoms with Crippen molar-refractivity contribution in [1.29, 1.82) is 0 Å². The summed E-state index contributed by atoms with van der Waals surface area (Å²) in [7, 11) is 0. The second-order valence-electron chi connectivity index (χ2n) is 3.82. The Morgan fingerprint density at radius 1 is 1.36 bits per heavy atom. The molecule has 0 aromatic heterocycles. The first-order chi connectivity index (χ1) is 6.90. The molecule has 1 heterocycles. The predicted octanol–water partition coefficient (Wildman–Crippen LogP) is 3.14. The van der Waals surface area contributed by atoms with Crippen molar-refractivity contribution in [2.45, 2.75) is 24.9 Å². The van der Waals surface area contributed by atoms with Gasteiger partial charge in [-0.25, -0.2) is 0 Å². The van der Waals surface area contributed by atoms with Gasteiger partial charge in [0.05, 0.1) is 12.7 Å². The summed E-state index contributed by atoms with van der Waals surface area (Å²) in [5, 5.41) is 0. The van der Waals surface area contributed by atoms with Crippen LogP contribution in [-0.2, 0) is 4.74 Å². The standard InChI is InChI=1S/C13H16O/c1-2-6-13-9-12(10-14-13)11-7-4-3-5-8-11/h2-5,7-8,12-13H,1,6,9-10H2.